The minimum Gasteiger partial charge on any atom is -0.371 e. The first-order valence-corrected chi connectivity index (χ1v) is 5.57. The summed E-state index contributed by atoms with van der Waals surface area (Å²) in [6.07, 6.45) is 2.36. The van der Waals surface area contributed by atoms with Gasteiger partial charge in [-0.2, -0.15) is 5.26 Å². The van der Waals surface area contributed by atoms with Crippen molar-refractivity contribution < 1.29 is 0 Å². The third-order valence-corrected chi connectivity index (χ3v) is 2.53. The molecule has 1 aromatic rings. The summed E-state index contributed by atoms with van der Waals surface area (Å²) < 4.78 is 0. The number of nitrogens with zero attached hydrogens (tertiary/aromatic N) is 2. The normalized spacial score (nSPS) is 9.67. The van der Waals surface area contributed by atoms with Gasteiger partial charge in [0.2, 0.25) is 0 Å². The Morgan fingerprint density at radius 3 is 2.60 bits per heavy atom. The van der Waals surface area contributed by atoms with Crippen LogP contribution in [0.4, 0.5) is 5.69 Å². The Balaban J connectivity index is 2.86. The zero-order valence-electron chi connectivity index (χ0n) is 9.53. The highest BCUT2D eigenvalue weighted by molar-refractivity contribution is 5.59. The lowest BCUT2D eigenvalue weighted by molar-refractivity contribution is 0.731. The van der Waals surface area contributed by atoms with Crippen molar-refractivity contribution in [2.24, 2.45) is 0 Å². The molecule has 0 amide bonds. The van der Waals surface area contributed by atoms with Crippen molar-refractivity contribution >= 4 is 5.69 Å². The van der Waals surface area contributed by atoms with Crippen LogP contribution >= 0.6 is 0 Å². The standard InChI is InChI=1S/C13H18N2/c1-3-5-10-15(4-2)13-9-7-6-8-12(13)11-14/h6-9H,3-5,10H2,1-2H3. The van der Waals surface area contributed by atoms with Gasteiger partial charge in [-0.15, -0.1) is 0 Å². The van der Waals surface area contributed by atoms with E-state index in [4.69, 9.17) is 5.26 Å². The third kappa shape index (κ3) is 2.99. The molecule has 0 atom stereocenters. The Kier molecular flexibility index (Phi) is 4.70. The molecule has 0 bridgehead atoms. The number of hydrogen-bond donors (Lipinski definition) is 0. The van der Waals surface area contributed by atoms with E-state index in [9.17, 15) is 0 Å². The molecule has 2 nitrogen and oxygen atoms in total. The molecule has 1 aromatic carbocycles. The van der Waals surface area contributed by atoms with Gasteiger partial charge in [-0.25, -0.2) is 0 Å². The number of benzene rings is 1. The van der Waals surface area contributed by atoms with Gasteiger partial charge in [0.05, 0.1) is 11.3 Å². The molecule has 80 valence electrons. The van der Waals surface area contributed by atoms with Crippen molar-refractivity contribution in [2.75, 3.05) is 18.0 Å². The molecule has 15 heavy (non-hydrogen) atoms. The van der Waals surface area contributed by atoms with Gasteiger partial charge in [0, 0.05) is 13.1 Å². The molecule has 0 fully saturated rings. The molecular formula is C13H18N2. The van der Waals surface area contributed by atoms with Crippen molar-refractivity contribution in [2.45, 2.75) is 26.7 Å². The maximum absolute atomic E-state index is 9.01. The summed E-state index contributed by atoms with van der Waals surface area (Å²) >= 11 is 0. The van der Waals surface area contributed by atoms with Crippen molar-refractivity contribution in [1.29, 1.82) is 5.26 Å². The van der Waals surface area contributed by atoms with E-state index in [0.29, 0.717) is 0 Å². The highest BCUT2D eigenvalue weighted by Gasteiger charge is 2.07. The van der Waals surface area contributed by atoms with E-state index in [1.54, 1.807) is 0 Å². The largest absolute Gasteiger partial charge is 0.371 e. The average molecular weight is 202 g/mol. The van der Waals surface area contributed by atoms with Gasteiger partial charge in [-0.05, 0) is 25.5 Å². The fourth-order valence-electron chi connectivity index (χ4n) is 1.64. The number of para-hydroxylation sites is 1. The smallest absolute Gasteiger partial charge is 0.101 e. The molecule has 1 rings (SSSR count). The van der Waals surface area contributed by atoms with Crippen LogP contribution in [0.1, 0.15) is 32.3 Å². The van der Waals surface area contributed by atoms with Crippen LogP contribution in [0.5, 0.6) is 0 Å². The maximum Gasteiger partial charge on any atom is 0.101 e. The maximum atomic E-state index is 9.01. The summed E-state index contributed by atoms with van der Waals surface area (Å²) in [5, 5.41) is 9.01. The Morgan fingerprint density at radius 1 is 1.27 bits per heavy atom. The topological polar surface area (TPSA) is 27.0 Å². The summed E-state index contributed by atoms with van der Waals surface area (Å²) in [6.45, 7) is 6.30. The molecular weight excluding hydrogens is 184 g/mol. The number of anilines is 1. The van der Waals surface area contributed by atoms with Gasteiger partial charge in [-0.1, -0.05) is 25.5 Å². The van der Waals surface area contributed by atoms with Crippen LogP contribution in [-0.2, 0) is 0 Å². The fraction of sp³-hybridized carbons (Fsp3) is 0.462. The van der Waals surface area contributed by atoms with E-state index in [0.717, 1.165) is 24.3 Å². The second-order valence-corrected chi connectivity index (χ2v) is 3.56. The van der Waals surface area contributed by atoms with E-state index in [1.165, 1.54) is 12.8 Å². The Morgan fingerprint density at radius 2 is 2.00 bits per heavy atom. The molecule has 0 aliphatic carbocycles. The zero-order valence-corrected chi connectivity index (χ0v) is 9.53. The lowest BCUT2D eigenvalue weighted by atomic mass is 10.1. The second-order valence-electron chi connectivity index (χ2n) is 3.56. The van der Waals surface area contributed by atoms with Gasteiger partial charge >= 0.3 is 0 Å². The molecule has 0 radical (unpaired) electrons. The summed E-state index contributed by atoms with van der Waals surface area (Å²) in [7, 11) is 0. The van der Waals surface area contributed by atoms with Crippen molar-refractivity contribution in [3.05, 3.63) is 29.8 Å². The van der Waals surface area contributed by atoms with Crippen LogP contribution in [-0.4, -0.2) is 13.1 Å². The lowest BCUT2D eigenvalue weighted by Gasteiger charge is -2.23. The molecule has 0 aliphatic rings. The molecule has 0 unspecified atom stereocenters. The fourth-order valence-corrected chi connectivity index (χ4v) is 1.64. The Labute approximate surface area is 92.1 Å². The Bertz CT molecular complexity index is 339. The molecule has 0 N–H and O–H groups in total. The van der Waals surface area contributed by atoms with Gasteiger partial charge in [0.25, 0.3) is 0 Å². The number of hydrogen-bond acceptors (Lipinski definition) is 2. The number of rotatable bonds is 5. The predicted molar refractivity (Wildman–Crippen MR) is 64.0 cm³/mol. The van der Waals surface area contributed by atoms with Crippen LogP contribution in [0.15, 0.2) is 24.3 Å². The van der Waals surface area contributed by atoms with Gasteiger partial charge in [-0.3, -0.25) is 0 Å². The van der Waals surface area contributed by atoms with Crippen LogP contribution in [0, 0.1) is 11.3 Å². The first kappa shape index (κ1) is 11.6. The summed E-state index contributed by atoms with van der Waals surface area (Å²) in [4.78, 5) is 2.27. The molecule has 0 aliphatic heterocycles. The molecule has 0 aromatic heterocycles. The van der Waals surface area contributed by atoms with E-state index in [2.05, 4.69) is 24.8 Å². The summed E-state index contributed by atoms with van der Waals surface area (Å²) in [5.41, 5.74) is 1.84. The second kappa shape index (κ2) is 6.08. The first-order chi connectivity index (χ1) is 7.33. The zero-order chi connectivity index (χ0) is 11.1. The summed E-state index contributed by atoms with van der Waals surface area (Å²) in [6, 6.07) is 10.1. The van der Waals surface area contributed by atoms with Gasteiger partial charge in [0.1, 0.15) is 6.07 Å². The van der Waals surface area contributed by atoms with Crippen LogP contribution in [0.25, 0.3) is 0 Å². The average Bonchev–Trinajstić information content (AvgIpc) is 2.30. The molecule has 0 spiro atoms. The molecule has 0 saturated carbocycles. The van der Waals surface area contributed by atoms with E-state index >= 15 is 0 Å². The molecule has 2 heteroatoms. The molecule has 0 heterocycles. The van der Waals surface area contributed by atoms with Crippen molar-refractivity contribution in [1.82, 2.24) is 0 Å². The summed E-state index contributed by atoms with van der Waals surface area (Å²) in [5.74, 6) is 0. The molecule has 0 saturated heterocycles. The number of nitriles is 1. The monoisotopic (exact) mass is 202 g/mol. The van der Waals surface area contributed by atoms with E-state index in [-0.39, 0.29) is 0 Å². The first-order valence-electron chi connectivity index (χ1n) is 5.57. The SMILES string of the molecule is CCCCN(CC)c1ccccc1C#N. The van der Waals surface area contributed by atoms with Crippen molar-refractivity contribution in [3.63, 3.8) is 0 Å². The van der Waals surface area contributed by atoms with Gasteiger partial charge in [0.15, 0.2) is 0 Å². The van der Waals surface area contributed by atoms with E-state index in [1.807, 2.05) is 24.3 Å². The van der Waals surface area contributed by atoms with Crippen LogP contribution in [0.3, 0.4) is 0 Å². The van der Waals surface area contributed by atoms with Crippen LogP contribution < -0.4 is 4.90 Å². The predicted octanol–water partition coefficient (Wildman–Crippen LogP) is 3.18. The van der Waals surface area contributed by atoms with Crippen LogP contribution in [0.2, 0.25) is 0 Å². The Hall–Kier alpha value is -1.49. The minimum atomic E-state index is 0.774. The highest BCUT2D eigenvalue weighted by atomic mass is 15.1. The minimum absolute atomic E-state index is 0.774. The highest BCUT2D eigenvalue weighted by Crippen LogP contribution is 2.19. The quantitative estimate of drug-likeness (QED) is 0.733. The third-order valence-electron chi connectivity index (χ3n) is 2.53. The van der Waals surface area contributed by atoms with Gasteiger partial charge < -0.3 is 4.90 Å². The lowest BCUT2D eigenvalue weighted by Crippen LogP contribution is -2.24. The van der Waals surface area contributed by atoms with Crippen molar-refractivity contribution in [3.8, 4) is 6.07 Å². The van der Waals surface area contributed by atoms with E-state index < -0.39 is 0 Å². The number of unbranched alkanes of at least 4 members (excludes halogenated alkanes) is 1.